The van der Waals surface area contributed by atoms with Crippen molar-refractivity contribution in [1.29, 1.82) is 0 Å². The van der Waals surface area contributed by atoms with Gasteiger partial charge < -0.3 is 5.32 Å². The highest BCUT2D eigenvalue weighted by Crippen LogP contribution is 2.43. The number of nitrogens with zero attached hydrogens (tertiary/aromatic N) is 3. The Morgan fingerprint density at radius 2 is 2.16 bits per heavy atom. The monoisotopic (exact) mass is 276 g/mol. The molecular weight excluding hydrogens is 257 g/mol. The molecule has 1 saturated carbocycles. The lowest BCUT2D eigenvalue weighted by Gasteiger charge is -2.35. The molecule has 108 valence electrons. The number of hydrogen-bond donors (Lipinski definition) is 1. The first-order chi connectivity index (χ1) is 8.93. The van der Waals surface area contributed by atoms with Gasteiger partial charge in [0.1, 0.15) is 0 Å². The Kier molecular flexibility index (Phi) is 4.13. The van der Waals surface area contributed by atoms with E-state index >= 15 is 0 Å². The zero-order valence-electron chi connectivity index (χ0n) is 11.1. The molecule has 2 rings (SSSR count). The lowest BCUT2D eigenvalue weighted by molar-refractivity contribution is -0.186. The smallest absolute Gasteiger partial charge is 0.311 e. The molecule has 7 heteroatoms. The van der Waals surface area contributed by atoms with Crippen LogP contribution in [0.4, 0.5) is 13.2 Å². The molecule has 0 spiro atoms. The fraction of sp³-hybridized carbons (Fsp3) is 0.833. The van der Waals surface area contributed by atoms with Crippen molar-refractivity contribution in [2.45, 2.75) is 37.9 Å². The predicted octanol–water partition coefficient (Wildman–Crippen LogP) is 2.44. The second-order valence-electron chi connectivity index (χ2n) is 5.21. The summed E-state index contributed by atoms with van der Waals surface area (Å²) in [5.74, 6) is -1.20. The van der Waals surface area contributed by atoms with Crippen LogP contribution in [0.1, 0.15) is 37.4 Å². The predicted molar refractivity (Wildman–Crippen MR) is 64.3 cm³/mol. The lowest BCUT2D eigenvalue weighted by atomic mass is 9.76. The lowest BCUT2D eigenvalue weighted by Crippen LogP contribution is -2.35. The standard InChI is InChI=1S/C12H19F3N4/c1-16-11(10-7-17-18-19(10)2)8-4-3-5-9(6-8)12(13,14)15/h7-9,11,16H,3-6H2,1-2H3. The first-order valence-electron chi connectivity index (χ1n) is 6.52. The summed E-state index contributed by atoms with van der Waals surface area (Å²) < 4.78 is 40.2. The third-order valence-corrected chi connectivity index (χ3v) is 4.03. The van der Waals surface area contributed by atoms with Crippen molar-refractivity contribution in [1.82, 2.24) is 20.3 Å². The van der Waals surface area contributed by atoms with E-state index in [-0.39, 0.29) is 24.8 Å². The van der Waals surface area contributed by atoms with Gasteiger partial charge in [-0.2, -0.15) is 13.2 Å². The second kappa shape index (κ2) is 5.48. The van der Waals surface area contributed by atoms with E-state index in [1.165, 1.54) is 0 Å². The summed E-state index contributed by atoms with van der Waals surface area (Å²) in [6.07, 6.45) is -0.595. The van der Waals surface area contributed by atoms with Gasteiger partial charge >= 0.3 is 6.18 Å². The van der Waals surface area contributed by atoms with E-state index in [0.717, 1.165) is 12.1 Å². The van der Waals surface area contributed by atoms with Crippen molar-refractivity contribution in [3.05, 3.63) is 11.9 Å². The Morgan fingerprint density at radius 3 is 2.68 bits per heavy atom. The van der Waals surface area contributed by atoms with Gasteiger partial charge in [0, 0.05) is 7.05 Å². The summed E-state index contributed by atoms with van der Waals surface area (Å²) in [7, 11) is 3.53. The van der Waals surface area contributed by atoms with Gasteiger partial charge in [-0.05, 0) is 32.2 Å². The minimum Gasteiger partial charge on any atom is -0.311 e. The fourth-order valence-corrected chi connectivity index (χ4v) is 3.03. The van der Waals surface area contributed by atoms with Crippen LogP contribution in [0.2, 0.25) is 0 Å². The van der Waals surface area contributed by atoms with Crippen LogP contribution in [0.3, 0.4) is 0 Å². The first kappa shape index (κ1) is 14.3. The zero-order chi connectivity index (χ0) is 14.0. The summed E-state index contributed by atoms with van der Waals surface area (Å²) in [6, 6.07) is -0.120. The van der Waals surface area contributed by atoms with Crippen LogP contribution in [0.5, 0.6) is 0 Å². The van der Waals surface area contributed by atoms with Crippen LogP contribution in [0.15, 0.2) is 6.20 Å². The van der Waals surface area contributed by atoms with Gasteiger partial charge in [0.25, 0.3) is 0 Å². The Balaban J connectivity index is 2.13. The van der Waals surface area contributed by atoms with Crippen LogP contribution >= 0.6 is 0 Å². The molecule has 1 aliphatic carbocycles. The summed E-state index contributed by atoms with van der Waals surface area (Å²) in [5.41, 5.74) is 0.843. The van der Waals surface area contributed by atoms with Gasteiger partial charge in [-0.1, -0.05) is 11.6 Å². The molecular formula is C12H19F3N4. The summed E-state index contributed by atoms with van der Waals surface area (Å²) in [6.45, 7) is 0. The van der Waals surface area contributed by atoms with Gasteiger partial charge in [0.2, 0.25) is 0 Å². The maximum atomic E-state index is 12.9. The normalized spacial score (nSPS) is 26.4. The number of alkyl halides is 3. The average molecular weight is 276 g/mol. The number of aromatic nitrogens is 3. The second-order valence-corrected chi connectivity index (χ2v) is 5.21. The molecule has 0 aliphatic heterocycles. The number of hydrogen-bond acceptors (Lipinski definition) is 3. The molecule has 1 aliphatic rings. The Bertz CT molecular complexity index is 415. The molecule has 0 bridgehead atoms. The molecule has 0 radical (unpaired) electrons. The Hall–Kier alpha value is -1.11. The molecule has 3 atom stereocenters. The maximum Gasteiger partial charge on any atom is 0.391 e. The van der Waals surface area contributed by atoms with Crippen LogP contribution in [-0.4, -0.2) is 28.2 Å². The van der Waals surface area contributed by atoms with Gasteiger partial charge in [0.05, 0.1) is 23.9 Å². The minimum atomic E-state index is -4.08. The molecule has 1 fully saturated rings. The van der Waals surface area contributed by atoms with Crippen molar-refractivity contribution < 1.29 is 13.2 Å². The van der Waals surface area contributed by atoms with E-state index in [9.17, 15) is 13.2 Å². The summed E-state index contributed by atoms with van der Waals surface area (Å²) in [5, 5.41) is 10.8. The molecule has 4 nitrogen and oxygen atoms in total. The average Bonchev–Trinajstić information content (AvgIpc) is 2.76. The molecule has 19 heavy (non-hydrogen) atoms. The number of rotatable bonds is 3. The molecule has 3 unspecified atom stereocenters. The molecule has 1 aromatic heterocycles. The number of nitrogens with one attached hydrogen (secondary N) is 1. The summed E-state index contributed by atoms with van der Waals surface area (Å²) in [4.78, 5) is 0. The Morgan fingerprint density at radius 1 is 1.42 bits per heavy atom. The van der Waals surface area contributed by atoms with E-state index in [2.05, 4.69) is 15.6 Å². The van der Waals surface area contributed by atoms with E-state index in [0.29, 0.717) is 6.42 Å². The highest BCUT2D eigenvalue weighted by Gasteiger charge is 2.43. The number of halogens is 3. The topological polar surface area (TPSA) is 42.7 Å². The quantitative estimate of drug-likeness (QED) is 0.922. The van der Waals surface area contributed by atoms with Crippen LogP contribution < -0.4 is 5.32 Å². The maximum absolute atomic E-state index is 12.9. The van der Waals surface area contributed by atoms with Crippen molar-refractivity contribution in [2.75, 3.05) is 7.05 Å². The van der Waals surface area contributed by atoms with E-state index < -0.39 is 12.1 Å². The van der Waals surface area contributed by atoms with Crippen molar-refractivity contribution >= 4 is 0 Å². The molecule has 0 saturated heterocycles. The summed E-state index contributed by atoms with van der Waals surface area (Å²) >= 11 is 0. The molecule has 1 heterocycles. The van der Waals surface area contributed by atoms with Gasteiger partial charge in [-0.3, -0.25) is 4.68 Å². The first-order valence-corrected chi connectivity index (χ1v) is 6.52. The third kappa shape index (κ3) is 3.08. The fourth-order valence-electron chi connectivity index (χ4n) is 3.03. The number of aryl methyl sites for hydroxylation is 1. The Labute approximate surface area is 110 Å². The van der Waals surface area contributed by atoms with Crippen LogP contribution in [-0.2, 0) is 7.05 Å². The third-order valence-electron chi connectivity index (χ3n) is 4.03. The minimum absolute atomic E-state index is 0.0254. The van der Waals surface area contributed by atoms with Crippen LogP contribution in [0, 0.1) is 11.8 Å². The van der Waals surface area contributed by atoms with Crippen molar-refractivity contribution in [3.63, 3.8) is 0 Å². The van der Waals surface area contributed by atoms with Crippen LogP contribution in [0.25, 0.3) is 0 Å². The molecule has 0 amide bonds. The van der Waals surface area contributed by atoms with Gasteiger partial charge in [-0.15, -0.1) is 5.10 Å². The van der Waals surface area contributed by atoms with E-state index in [1.807, 2.05) is 0 Å². The molecule has 1 N–H and O–H groups in total. The van der Waals surface area contributed by atoms with Crippen molar-refractivity contribution in [2.24, 2.45) is 18.9 Å². The van der Waals surface area contributed by atoms with E-state index in [1.54, 1.807) is 25.0 Å². The SMILES string of the molecule is CNC(c1cnnn1C)C1CCCC(C(F)(F)F)C1. The van der Waals surface area contributed by atoms with E-state index in [4.69, 9.17) is 0 Å². The zero-order valence-corrected chi connectivity index (χ0v) is 11.1. The van der Waals surface area contributed by atoms with Gasteiger partial charge in [-0.25, -0.2) is 0 Å². The largest absolute Gasteiger partial charge is 0.391 e. The highest BCUT2D eigenvalue weighted by atomic mass is 19.4. The molecule has 1 aromatic rings. The molecule has 0 aromatic carbocycles. The van der Waals surface area contributed by atoms with Gasteiger partial charge in [0.15, 0.2) is 0 Å². The van der Waals surface area contributed by atoms with Crippen molar-refractivity contribution in [3.8, 4) is 0 Å². The highest BCUT2D eigenvalue weighted by molar-refractivity contribution is 5.04.